The number of nitrogens with one attached hydrogen (secondary N) is 1. The Morgan fingerprint density at radius 2 is 1.74 bits per heavy atom. The monoisotopic (exact) mass is 438 g/mol. The molecule has 0 aliphatic carbocycles. The van der Waals surface area contributed by atoms with E-state index in [-0.39, 0.29) is 23.4 Å². The van der Waals surface area contributed by atoms with Crippen LogP contribution < -0.4 is 10.1 Å². The van der Waals surface area contributed by atoms with E-state index in [1.807, 2.05) is 39.0 Å². The number of benzene rings is 2. The van der Waals surface area contributed by atoms with Gasteiger partial charge in [0.2, 0.25) is 5.88 Å². The number of amides is 1. The zero-order valence-corrected chi connectivity index (χ0v) is 18.5. The Balaban J connectivity index is 1.79. The van der Waals surface area contributed by atoms with Crippen molar-refractivity contribution in [2.75, 3.05) is 7.11 Å². The maximum absolute atomic E-state index is 13.0. The molecule has 2 aromatic carbocycles. The highest BCUT2D eigenvalue weighted by Crippen LogP contribution is 2.27. The number of aryl methyl sites for hydroxylation is 2. The van der Waals surface area contributed by atoms with Gasteiger partial charge in [-0.05, 0) is 67.8 Å². The summed E-state index contributed by atoms with van der Waals surface area (Å²) in [7, 11) is 1.33. The first kappa shape index (κ1) is 22.3. The van der Waals surface area contributed by atoms with Gasteiger partial charge in [-0.2, -0.15) is 0 Å². The molecule has 1 heterocycles. The average Bonchev–Trinajstić information content (AvgIpc) is 2.77. The highest BCUT2D eigenvalue weighted by Gasteiger charge is 2.19. The number of halogens is 1. The molecule has 1 N–H and O–H groups in total. The first-order valence-corrected chi connectivity index (χ1v) is 10.1. The summed E-state index contributed by atoms with van der Waals surface area (Å²) in [5, 5.41) is 3.24. The average molecular weight is 439 g/mol. The lowest BCUT2D eigenvalue weighted by Gasteiger charge is -2.16. The number of esters is 1. The summed E-state index contributed by atoms with van der Waals surface area (Å²) in [5.41, 5.74) is 3.70. The van der Waals surface area contributed by atoms with E-state index < -0.39 is 5.97 Å². The largest absolute Gasteiger partial charge is 0.465 e. The van der Waals surface area contributed by atoms with Crippen molar-refractivity contribution in [3.63, 3.8) is 0 Å². The predicted molar refractivity (Wildman–Crippen MR) is 119 cm³/mol. The highest BCUT2D eigenvalue weighted by atomic mass is 35.5. The Labute approximate surface area is 186 Å². The van der Waals surface area contributed by atoms with Gasteiger partial charge in [-0.15, -0.1) is 0 Å². The Morgan fingerprint density at radius 1 is 1.03 bits per heavy atom. The molecule has 1 atom stereocenters. The summed E-state index contributed by atoms with van der Waals surface area (Å²) < 4.78 is 10.6. The van der Waals surface area contributed by atoms with Crippen LogP contribution in [0.15, 0.2) is 54.7 Å². The van der Waals surface area contributed by atoms with Crippen molar-refractivity contribution in [2.24, 2.45) is 0 Å². The number of ether oxygens (including phenoxy) is 2. The lowest BCUT2D eigenvalue weighted by molar-refractivity contribution is 0.0600. The van der Waals surface area contributed by atoms with Gasteiger partial charge >= 0.3 is 5.97 Å². The van der Waals surface area contributed by atoms with Gasteiger partial charge in [0.05, 0.1) is 23.7 Å². The summed E-state index contributed by atoms with van der Waals surface area (Å²) in [6, 6.07) is 13.7. The molecule has 0 fully saturated rings. The lowest BCUT2D eigenvalue weighted by atomic mass is 10.1. The highest BCUT2D eigenvalue weighted by molar-refractivity contribution is 6.30. The van der Waals surface area contributed by atoms with Crippen molar-refractivity contribution in [3.8, 4) is 11.6 Å². The van der Waals surface area contributed by atoms with Gasteiger partial charge in [0.15, 0.2) is 0 Å². The van der Waals surface area contributed by atoms with Gasteiger partial charge in [0.25, 0.3) is 5.91 Å². The van der Waals surface area contributed by atoms with Crippen LogP contribution in [0.3, 0.4) is 0 Å². The van der Waals surface area contributed by atoms with Crippen LogP contribution in [0.2, 0.25) is 5.02 Å². The number of hydrogen-bond acceptors (Lipinski definition) is 5. The molecule has 1 amide bonds. The van der Waals surface area contributed by atoms with Gasteiger partial charge in [0, 0.05) is 6.20 Å². The SMILES string of the molecule is COC(=O)c1ccc([C@H](C)NC(=O)c2cc(Cl)cnc2Oc2ccc(C)c(C)c2)cc1. The second-order valence-electron chi connectivity index (χ2n) is 7.16. The van der Waals surface area contributed by atoms with E-state index in [1.54, 1.807) is 24.3 Å². The number of carbonyl (C=O) groups excluding carboxylic acids is 2. The molecule has 1 aromatic heterocycles. The fourth-order valence-electron chi connectivity index (χ4n) is 2.94. The number of rotatable bonds is 6. The molecule has 0 aliphatic heterocycles. The van der Waals surface area contributed by atoms with E-state index in [4.69, 9.17) is 21.1 Å². The van der Waals surface area contributed by atoms with E-state index in [0.29, 0.717) is 16.3 Å². The van der Waals surface area contributed by atoms with Crippen molar-refractivity contribution in [1.29, 1.82) is 0 Å². The van der Waals surface area contributed by atoms with Gasteiger partial charge in [-0.1, -0.05) is 29.8 Å². The smallest absolute Gasteiger partial charge is 0.337 e. The fourth-order valence-corrected chi connectivity index (χ4v) is 3.10. The molecule has 0 saturated heterocycles. The number of hydrogen-bond donors (Lipinski definition) is 1. The van der Waals surface area contributed by atoms with Gasteiger partial charge in [-0.3, -0.25) is 4.79 Å². The maximum Gasteiger partial charge on any atom is 0.337 e. The number of methoxy groups -OCH3 is 1. The molecule has 0 bridgehead atoms. The van der Waals surface area contributed by atoms with Crippen LogP contribution in [0, 0.1) is 13.8 Å². The Hall–Kier alpha value is -3.38. The van der Waals surface area contributed by atoms with Crippen molar-refractivity contribution in [3.05, 3.63) is 87.6 Å². The summed E-state index contributed by atoms with van der Waals surface area (Å²) in [4.78, 5) is 28.8. The van der Waals surface area contributed by atoms with E-state index in [2.05, 4.69) is 10.3 Å². The van der Waals surface area contributed by atoms with Gasteiger partial charge in [-0.25, -0.2) is 9.78 Å². The van der Waals surface area contributed by atoms with Crippen LogP contribution in [-0.4, -0.2) is 24.0 Å². The molecule has 0 saturated carbocycles. The summed E-state index contributed by atoms with van der Waals surface area (Å²) in [6.45, 7) is 5.84. The molecule has 0 aliphatic rings. The first-order valence-electron chi connectivity index (χ1n) is 9.68. The molecular formula is C24H23ClN2O4. The second-order valence-corrected chi connectivity index (χ2v) is 7.60. The third kappa shape index (κ3) is 5.41. The minimum Gasteiger partial charge on any atom is -0.465 e. The van der Waals surface area contributed by atoms with Crippen LogP contribution in [0.25, 0.3) is 0 Å². The fraction of sp³-hybridized carbons (Fsp3) is 0.208. The minimum absolute atomic E-state index is 0.165. The van der Waals surface area contributed by atoms with Crippen LogP contribution in [0.5, 0.6) is 11.6 Å². The minimum atomic E-state index is -0.415. The predicted octanol–water partition coefficient (Wildman–Crippen LogP) is 5.42. The third-order valence-corrected chi connectivity index (χ3v) is 5.14. The molecule has 7 heteroatoms. The quantitative estimate of drug-likeness (QED) is 0.520. The van der Waals surface area contributed by atoms with Crippen LogP contribution >= 0.6 is 11.6 Å². The maximum atomic E-state index is 13.0. The molecule has 6 nitrogen and oxygen atoms in total. The van der Waals surface area contributed by atoms with E-state index in [0.717, 1.165) is 16.7 Å². The molecular weight excluding hydrogens is 416 g/mol. The summed E-state index contributed by atoms with van der Waals surface area (Å²) in [5.74, 6) is -0.0448. The lowest BCUT2D eigenvalue weighted by Crippen LogP contribution is -2.27. The summed E-state index contributed by atoms with van der Waals surface area (Å²) >= 11 is 6.08. The summed E-state index contributed by atoms with van der Waals surface area (Å²) in [6.07, 6.45) is 1.43. The van der Waals surface area contributed by atoms with Crippen LogP contribution in [-0.2, 0) is 4.74 Å². The van der Waals surface area contributed by atoms with Crippen molar-refractivity contribution < 1.29 is 19.1 Å². The van der Waals surface area contributed by atoms with Gasteiger partial charge < -0.3 is 14.8 Å². The zero-order valence-electron chi connectivity index (χ0n) is 17.7. The third-order valence-electron chi connectivity index (χ3n) is 4.93. The topological polar surface area (TPSA) is 77.5 Å². The number of nitrogens with zero attached hydrogens (tertiary/aromatic N) is 1. The zero-order chi connectivity index (χ0) is 22.5. The first-order chi connectivity index (χ1) is 14.8. The Morgan fingerprint density at radius 3 is 2.39 bits per heavy atom. The molecule has 160 valence electrons. The van der Waals surface area contributed by atoms with E-state index >= 15 is 0 Å². The number of carbonyl (C=O) groups is 2. The number of pyridine rings is 1. The van der Waals surface area contributed by atoms with Crippen molar-refractivity contribution in [2.45, 2.75) is 26.8 Å². The van der Waals surface area contributed by atoms with Crippen LogP contribution in [0.4, 0.5) is 0 Å². The molecule has 3 rings (SSSR count). The normalized spacial score (nSPS) is 11.5. The van der Waals surface area contributed by atoms with Crippen molar-refractivity contribution >= 4 is 23.5 Å². The Bertz CT molecular complexity index is 1110. The standard InChI is InChI=1S/C24H23ClN2O4/c1-14-5-10-20(11-15(14)2)31-23-21(12-19(25)13-26-23)22(28)27-16(3)17-6-8-18(9-7-17)24(29)30-4/h5-13,16H,1-4H3,(H,27,28)/t16-/m0/s1. The van der Waals surface area contributed by atoms with Crippen LogP contribution in [0.1, 0.15) is 50.4 Å². The molecule has 31 heavy (non-hydrogen) atoms. The second kappa shape index (κ2) is 9.62. The molecule has 0 spiro atoms. The molecule has 0 unspecified atom stereocenters. The van der Waals surface area contributed by atoms with Gasteiger partial charge in [0.1, 0.15) is 11.3 Å². The van der Waals surface area contributed by atoms with E-state index in [1.165, 1.54) is 19.4 Å². The Kier molecular flexibility index (Phi) is 6.92. The molecule has 0 radical (unpaired) electrons. The molecule has 3 aromatic rings. The van der Waals surface area contributed by atoms with E-state index in [9.17, 15) is 9.59 Å². The van der Waals surface area contributed by atoms with Crippen molar-refractivity contribution in [1.82, 2.24) is 10.3 Å². The number of aromatic nitrogens is 1.